The van der Waals surface area contributed by atoms with Crippen molar-refractivity contribution in [3.8, 4) is 0 Å². The van der Waals surface area contributed by atoms with Gasteiger partial charge in [-0.25, -0.2) is 4.98 Å². The first-order chi connectivity index (χ1) is 11.8. The van der Waals surface area contributed by atoms with Crippen LogP contribution in [0.5, 0.6) is 0 Å². The van der Waals surface area contributed by atoms with Crippen molar-refractivity contribution in [2.45, 2.75) is 51.5 Å². The molecule has 0 aromatic carbocycles. The number of pyridine rings is 1. The Morgan fingerprint density at radius 1 is 1.21 bits per heavy atom. The van der Waals surface area contributed by atoms with Crippen LogP contribution in [-0.2, 0) is 11.3 Å². The lowest BCUT2D eigenvalue weighted by Gasteiger charge is -2.22. The summed E-state index contributed by atoms with van der Waals surface area (Å²) in [6, 6.07) is 4.12. The zero-order valence-electron chi connectivity index (χ0n) is 14.5. The van der Waals surface area contributed by atoms with E-state index in [1.165, 1.54) is 25.7 Å². The fourth-order valence-corrected chi connectivity index (χ4v) is 4.03. The number of carbonyl (C=O) groups is 1. The number of carbonyl (C=O) groups excluding carboxylic acids is 1. The van der Waals surface area contributed by atoms with Gasteiger partial charge < -0.3 is 16.0 Å². The summed E-state index contributed by atoms with van der Waals surface area (Å²) in [5, 5.41) is 3.11. The summed E-state index contributed by atoms with van der Waals surface area (Å²) in [6.45, 7) is 3.37. The Balaban J connectivity index is 1.57. The highest BCUT2D eigenvalue weighted by atomic mass is 16.1. The van der Waals surface area contributed by atoms with Gasteiger partial charge in [-0.05, 0) is 55.8 Å². The second kappa shape index (κ2) is 8.47. The number of amides is 1. The third kappa shape index (κ3) is 4.26. The van der Waals surface area contributed by atoms with Crippen LogP contribution in [0.15, 0.2) is 18.3 Å². The predicted molar refractivity (Wildman–Crippen MR) is 96.7 cm³/mol. The van der Waals surface area contributed by atoms with Gasteiger partial charge in [0.15, 0.2) is 0 Å². The number of nitrogens with two attached hydrogens (primary N) is 1. The maximum atomic E-state index is 12.4. The van der Waals surface area contributed by atoms with Crippen molar-refractivity contribution in [1.29, 1.82) is 0 Å². The van der Waals surface area contributed by atoms with Gasteiger partial charge >= 0.3 is 0 Å². The molecule has 5 nitrogen and oxygen atoms in total. The third-order valence-corrected chi connectivity index (χ3v) is 5.51. The molecule has 0 spiro atoms. The van der Waals surface area contributed by atoms with Crippen LogP contribution in [-0.4, -0.2) is 30.5 Å². The fourth-order valence-electron chi connectivity index (χ4n) is 4.03. The monoisotopic (exact) mass is 330 g/mol. The third-order valence-electron chi connectivity index (χ3n) is 5.51. The minimum Gasteiger partial charge on any atom is -0.357 e. The van der Waals surface area contributed by atoms with Gasteiger partial charge in [-0.15, -0.1) is 0 Å². The average Bonchev–Trinajstić information content (AvgIpc) is 2.93. The minimum absolute atomic E-state index is 0.0990. The average molecular weight is 330 g/mol. The van der Waals surface area contributed by atoms with Crippen molar-refractivity contribution in [1.82, 2.24) is 10.3 Å². The summed E-state index contributed by atoms with van der Waals surface area (Å²) in [5.74, 6) is 1.66. The van der Waals surface area contributed by atoms with E-state index >= 15 is 0 Å². The summed E-state index contributed by atoms with van der Waals surface area (Å²) < 4.78 is 0. The highest BCUT2D eigenvalue weighted by molar-refractivity contribution is 5.79. The molecule has 5 heteroatoms. The summed E-state index contributed by atoms with van der Waals surface area (Å²) in [5.41, 5.74) is 6.92. The summed E-state index contributed by atoms with van der Waals surface area (Å²) >= 11 is 0. The molecular weight excluding hydrogens is 300 g/mol. The minimum atomic E-state index is 0.0990. The molecule has 1 saturated heterocycles. The van der Waals surface area contributed by atoms with Gasteiger partial charge in [0.25, 0.3) is 0 Å². The number of hydrogen-bond donors (Lipinski definition) is 2. The van der Waals surface area contributed by atoms with E-state index in [0.29, 0.717) is 19.0 Å². The quantitative estimate of drug-likeness (QED) is 0.870. The largest absolute Gasteiger partial charge is 0.357 e. The zero-order chi connectivity index (χ0) is 16.8. The Hall–Kier alpha value is -1.62. The lowest BCUT2D eigenvalue weighted by Crippen LogP contribution is -2.34. The Morgan fingerprint density at radius 2 is 2.00 bits per heavy atom. The molecule has 1 aliphatic carbocycles. The van der Waals surface area contributed by atoms with Gasteiger partial charge in [0.1, 0.15) is 5.82 Å². The lowest BCUT2D eigenvalue weighted by atomic mass is 9.95. The number of rotatable bonds is 5. The van der Waals surface area contributed by atoms with Crippen LogP contribution >= 0.6 is 0 Å². The summed E-state index contributed by atoms with van der Waals surface area (Å²) in [6.07, 6.45) is 10.2. The summed E-state index contributed by atoms with van der Waals surface area (Å²) in [4.78, 5) is 19.3. The predicted octanol–water partition coefficient (Wildman–Crippen LogP) is 2.45. The van der Waals surface area contributed by atoms with E-state index in [4.69, 9.17) is 5.73 Å². The normalized spacial score (nSPS) is 24.6. The molecule has 2 fully saturated rings. The molecule has 2 heterocycles. The maximum absolute atomic E-state index is 12.4. The van der Waals surface area contributed by atoms with Gasteiger partial charge in [-0.1, -0.05) is 19.3 Å². The molecule has 0 bridgehead atoms. The van der Waals surface area contributed by atoms with E-state index in [1.807, 2.05) is 12.3 Å². The van der Waals surface area contributed by atoms with Crippen LogP contribution in [0.3, 0.4) is 0 Å². The smallest absolute Gasteiger partial charge is 0.223 e. The van der Waals surface area contributed by atoms with Crippen LogP contribution < -0.4 is 16.0 Å². The van der Waals surface area contributed by atoms with Gasteiger partial charge in [0.05, 0.1) is 0 Å². The maximum Gasteiger partial charge on any atom is 0.223 e. The Kier molecular flexibility index (Phi) is 6.07. The second-order valence-corrected chi connectivity index (χ2v) is 7.17. The number of aromatic nitrogens is 1. The van der Waals surface area contributed by atoms with Gasteiger partial charge in [-0.3, -0.25) is 4.79 Å². The van der Waals surface area contributed by atoms with Crippen LogP contribution in [0.2, 0.25) is 0 Å². The van der Waals surface area contributed by atoms with E-state index in [0.717, 1.165) is 43.7 Å². The first-order valence-corrected chi connectivity index (χ1v) is 9.45. The van der Waals surface area contributed by atoms with E-state index in [1.54, 1.807) is 0 Å². The van der Waals surface area contributed by atoms with Crippen molar-refractivity contribution < 1.29 is 4.79 Å². The van der Waals surface area contributed by atoms with Gasteiger partial charge in [0.2, 0.25) is 5.91 Å². The molecule has 1 aromatic rings. The first kappa shape index (κ1) is 17.2. The molecule has 2 atom stereocenters. The Labute approximate surface area is 145 Å². The lowest BCUT2D eigenvalue weighted by molar-refractivity contribution is -0.126. The number of hydrogen-bond acceptors (Lipinski definition) is 4. The topological polar surface area (TPSA) is 71.2 Å². The molecule has 132 valence electrons. The van der Waals surface area contributed by atoms with Crippen molar-refractivity contribution in [3.05, 3.63) is 23.9 Å². The highest BCUT2D eigenvalue weighted by Crippen LogP contribution is 2.31. The Bertz CT molecular complexity index is 540. The highest BCUT2D eigenvalue weighted by Gasteiger charge is 2.31. The van der Waals surface area contributed by atoms with Crippen molar-refractivity contribution in [2.75, 3.05) is 24.5 Å². The standard InChI is InChI=1S/C19H30N4O/c20-13-16-6-5-7-17(16)19(24)22-14-15-8-9-21-18(12-15)23-10-3-1-2-4-11-23/h8-9,12,16-17H,1-7,10-11,13-14,20H2,(H,22,24)/t16-,17-/m1/s1. The van der Waals surface area contributed by atoms with Crippen LogP contribution in [0.1, 0.15) is 50.5 Å². The molecule has 0 radical (unpaired) electrons. The van der Waals surface area contributed by atoms with Crippen molar-refractivity contribution >= 4 is 11.7 Å². The van der Waals surface area contributed by atoms with Gasteiger partial charge in [0, 0.05) is 31.7 Å². The van der Waals surface area contributed by atoms with Crippen molar-refractivity contribution in [2.24, 2.45) is 17.6 Å². The molecule has 24 heavy (non-hydrogen) atoms. The van der Waals surface area contributed by atoms with E-state index in [9.17, 15) is 4.79 Å². The molecular formula is C19H30N4O. The van der Waals surface area contributed by atoms with Crippen LogP contribution in [0.4, 0.5) is 5.82 Å². The van der Waals surface area contributed by atoms with E-state index in [-0.39, 0.29) is 11.8 Å². The number of nitrogens with zero attached hydrogens (tertiary/aromatic N) is 2. The molecule has 2 aliphatic rings. The molecule has 1 amide bonds. The van der Waals surface area contributed by atoms with Crippen LogP contribution in [0, 0.1) is 11.8 Å². The summed E-state index contributed by atoms with van der Waals surface area (Å²) in [7, 11) is 0. The molecule has 3 N–H and O–H groups in total. The van der Waals surface area contributed by atoms with Crippen molar-refractivity contribution in [3.63, 3.8) is 0 Å². The fraction of sp³-hybridized carbons (Fsp3) is 0.684. The second-order valence-electron chi connectivity index (χ2n) is 7.17. The zero-order valence-corrected chi connectivity index (χ0v) is 14.5. The molecule has 0 unspecified atom stereocenters. The molecule has 1 aliphatic heterocycles. The van der Waals surface area contributed by atoms with E-state index < -0.39 is 0 Å². The Morgan fingerprint density at radius 3 is 2.75 bits per heavy atom. The molecule has 1 saturated carbocycles. The van der Waals surface area contributed by atoms with Gasteiger partial charge in [-0.2, -0.15) is 0 Å². The first-order valence-electron chi connectivity index (χ1n) is 9.45. The number of anilines is 1. The van der Waals surface area contributed by atoms with E-state index in [2.05, 4.69) is 21.3 Å². The SMILES string of the molecule is NC[C@H]1CCC[C@H]1C(=O)NCc1ccnc(N2CCCCCC2)c1. The number of nitrogens with one attached hydrogen (secondary N) is 1. The van der Waals surface area contributed by atoms with Crippen LogP contribution in [0.25, 0.3) is 0 Å². The molecule has 1 aromatic heterocycles. The molecule has 3 rings (SSSR count).